The Hall–Kier alpha value is -4.02. The molecule has 0 aliphatic carbocycles. The molecule has 3 heterocycles. The number of rotatable bonds is 4. The zero-order valence-corrected chi connectivity index (χ0v) is 16.3. The van der Waals surface area contributed by atoms with Gasteiger partial charge in [-0.3, -0.25) is 4.79 Å². The van der Waals surface area contributed by atoms with E-state index in [1.54, 1.807) is 18.2 Å². The van der Waals surface area contributed by atoms with Gasteiger partial charge in [0.15, 0.2) is 0 Å². The maximum Gasteiger partial charge on any atom is 0.251 e. The number of nitrogens with one attached hydrogen (secondary N) is 4. The van der Waals surface area contributed by atoms with E-state index in [9.17, 15) is 10.1 Å². The number of carbonyl (C=O) groups is 1. The summed E-state index contributed by atoms with van der Waals surface area (Å²) in [6, 6.07) is 16.8. The molecule has 0 saturated carbocycles. The number of halogens is 1. The summed E-state index contributed by atoms with van der Waals surface area (Å²) in [4.78, 5) is 19.4. The maximum absolute atomic E-state index is 11.9. The molecule has 1 amide bonds. The Kier molecular flexibility index (Phi) is 4.27. The Morgan fingerprint density at radius 2 is 1.90 bits per heavy atom. The summed E-state index contributed by atoms with van der Waals surface area (Å²) in [5.74, 6) is 0.414. The summed E-state index contributed by atoms with van der Waals surface area (Å²) in [6.07, 6.45) is 1.83. The van der Waals surface area contributed by atoms with Crippen LogP contribution in [-0.2, 0) is 6.54 Å². The first-order chi connectivity index (χ1) is 14.6. The van der Waals surface area contributed by atoms with E-state index in [1.807, 2.05) is 36.5 Å². The first-order valence-electron chi connectivity index (χ1n) is 9.23. The average molecular weight is 415 g/mol. The van der Waals surface area contributed by atoms with Crippen LogP contribution < -0.4 is 16.0 Å². The number of nitrogens with zero attached hydrogens (tertiary/aromatic N) is 2. The van der Waals surface area contributed by atoms with Crippen LogP contribution in [0.1, 0.15) is 21.6 Å². The van der Waals surface area contributed by atoms with Crippen LogP contribution in [-0.4, -0.2) is 15.9 Å². The second-order valence-corrected chi connectivity index (χ2v) is 7.35. The van der Waals surface area contributed by atoms with Crippen molar-refractivity contribution in [2.75, 3.05) is 10.6 Å². The number of benzene rings is 2. The van der Waals surface area contributed by atoms with Gasteiger partial charge in [0.05, 0.1) is 5.02 Å². The fourth-order valence-electron chi connectivity index (χ4n) is 3.52. The molecule has 1 aliphatic rings. The molecule has 4 N–H and O–H groups in total. The lowest BCUT2D eigenvalue weighted by Gasteiger charge is -2.12. The molecule has 2 aromatic heterocycles. The van der Waals surface area contributed by atoms with E-state index in [-0.39, 0.29) is 11.6 Å². The number of nitriles is 1. The molecule has 4 aromatic rings. The fourth-order valence-corrected chi connectivity index (χ4v) is 3.81. The zero-order chi connectivity index (χ0) is 20.7. The van der Waals surface area contributed by atoms with Gasteiger partial charge in [0.25, 0.3) is 5.91 Å². The highest BCUT2D eigenvalue weighted by atomic mass is 35.5. The maximum atomic E-state index is 11.9. The van der Waals surface area contributed by atoms with Crippen LogP contribution in [0.25, 0.3) is 10.9 Å². The lowest BCUT2D eigenvalue weighted by molar-refractivity contribution is 0.0966. The molecular formula is C22H15ClN6O. The summed E-state index contributed by atoms with van der Waals surface area (Å²) >= 11 is 6.35. The predicted octanol–water partition coefficient (Wildman–Crippen LogP) is 4.82. The van der Waals surface area contributed by atoms with Gasteiger partial charge in [-0.05, 0) is 42.0 Å². The molecule has 0 radical (unpaired) electrons. The molecule has 0 fully saturated rings. The van der Waals surface area contributed by atoms with Crippen LogP contribution in [0, 0.1) is 11.3 Å². The Morgan fingerprint density at radius 1 is 1.03 bits per heavy atom. The quantitative estimate of drug-likeness (QED) is 0.383. The van der Waals surface area contributed by atoms with E-state index in [1.165, 1.54) is 0 Å². The zero-order valence-electron chi connectivity index (χ0n) is 15.6. The van der Waals surface area contributed by atoms with Gasteiger partial charge >= 0.3 is 0 Å². The van der Waals surface area contributed by atoms with Crippen molar-refractivity contribution in [2.45, 2.75) is 6.54 Å². The number of pyridine rings is 1. The standard InChI is InChI=1S/C22H15ClN6O/c23-19-7-15(8-20-17(19)3-4-25-20)28-21-9-14(5-16(10-24)29-21)27-13-2-1-12-11-26-22(30)18(12)6-13/h1-9,25H,11H2,(H,26,30)(H2,27,28,29). The Morgan fingerprint density at radius 3 is 2.77 bits per heavy atom. The third-order valence-corrected chi connectivity index (χ3v) is 5.23. The van der Waals surface area contributed by atoms with Crippen molar-refractivity contribution in [1.29, 1.82) is 5.26 Å². The van der Waals surface area contributed by atoms with Gasteiger partial charge in [-0.15, -0.1) is 0 Å². The van der Waals surface area contributed by atoms with E-state index in [0.29, 0.717) is 28.6 Å². The van der Waals surface area contributed by atoms with Crippen LogP contribution in [0.2, 0.25) is 5.02 Å². The number of carbonyl (C=O) groups excluding carboxylic acids is 1. The first kappa shape index (κ1) is 18.0. The number of hydrogen-bond donors (Lipinski definition) is 4. The molecular weight excluding hydrogens is 400 g/mol. The van der Waals surface area contributed by atoms with Gasteiger partial charge in [-0.2, -0.15) is 5.26 Å². The molecule has 0 atom stereocenters. The van der Waals surface area contributed by atoms with Crippen molar-refractivity contribution in [3.8, 4) is 6.07 Å². The highest BCUT2D eigenvalue weighted by Crippen LogP contribution is 2.30. The topological polar surface area (TPSA) is 106 Å². The summed E-state index contributed by atoms with van der Waals surface area (Å²) in [7, 11) is 0. The molecule has 1 aliphatic heterocycles. The summed E-state index contributed by atoms with van der Waals surface area (Å²) in [5.41, 5.74) is 4.96. The van der Waals surface area contributed by atoms with Crippen molar-refractivity contribution in [3.63, 3.8) is 0 Å². The number of aromatic amines is 1. The van der Waals surface area contributed by atoms with Crippen LogP contribution in [0.5, 0.6) is 0 Å². The molecule has 7 nitrogen and oxygen atoms in total. The predicted molar refractivity (Wildman–Crippen MR) is 116 cm³/mol. The van der Waals surface area contributed by atoms with Crippen LogP contribution >= 0.6 is 11.6 Å². The van der Waals surface area contributed by atoms with Gasteiger partial charge in [-0.1, -0.05) is 17.7 Å². The van der Waals surface area contributed by atoms with Gasteiger partial charge in [0.2, 0.25) is 0 Å². The number of anilines is 4. The molecule has 0 spiro atoms. The van der Waals surface area contributed by atoms with Gasteiger partial charge < -0.3 is 20.9 Å². The van der Waals surface area contributed by atoms with Crippen LogP contribution in [0.15, 0.2) is 54.7 Å². The largest absolute Gasteiger partial charge is 0.361 e. The summed E-state index contributed by atoms with van der Waals surface area (Å²) in [6.45, 7) is 0.546. The molecule has 0 saturated heterocycles. The highest BCUT2D eigenvalue weighted by Gasteiger charge is 2.18. The third-order valence-electron chi connectivity index (χ3n) is 4.91. The highest BCUT2D eigenvalue weighted by molar-refractivity contribution is 6.35. The number of aromatic nitrogens is 2. The van der Waals surface area contributed by atoms with Gasteiger partial charge in [0, 0.05) is 52.3 Å². The fraction of sp³-hybridized carbons (Fsp3) is 0.0455. The Bertz CT molecular complexity index is 1350. The molecule has 5 rings (SSSR count). The molecule has 0 bridgehead atoms. The second kappa shape index (κ2) is 7.10. The van der Waals surface area contributed by atoms with E-state index >= 15 is 0 Å². The summed E-state index contributed by atoms with van der Waals surface area (Å²) in [5, 5.41) is 20.2. The monoisotopic (exact) mass is 414 g/mol. The van der Waals surface area contributed by atoms with Crippen molar-refractivity contribution in [3.05, 3.63) is 76.6 Å². The van der Waals surface area contributed by atoms with Crippen molar-refractivity contribution < 1.29 is 4.79 Å². The average Bonchev–Trinajstić information content (AvgIpc) is 3.35. The minimum atomic E-state index is -0.0833. The minimum absolute atomic E-state index is 0.0833. The SMILES string of the molecule is N#Cc1cc(Nc2ccc3c(c2)C(=O)NC3)cc(Nc2cc(Cl)c3cc[nH]c3c2)n1. The smallest absolute Gasteiger partial charge is 0.251 e. The van der Waals surface area contributed by atoms with Crippen LogP contribution in [0.4, 0.5) is 22.9 Å². The van der Waals surface area contributed by atoms with E-state index in [4.69, 9.17) is 11.6 Å². The number of fused-ring (bicyclic) bond motifs is 2. The Balaban J connectivity index is 1.46. The summed E-state index contributed by atoms with van der Waals surface area (Å²) < 4.78 is 0. The third kappa shape index (κ3) is 3.30. The lowest BCUT2D eigenvalue weighted by Crippen LogP contribution is -2.12. The molecule has 8 heteroatoms. The van der Waals surface area contributed by atoms with Crippen molar-refractivity contribution in [2.24, 2.45) is 0 Å². The molecule has 146 valence electrons. The number of amides is 1. The van der Waals surface area contributed by atoms with Crippen molar-refractivity contribution in [1.82, 2.24) is 15.3 Å². The van der Waals surface area contributed by atoms with Crippen LogP contribution in [0.3, 0.4) is 0 Å². The van der Waals surface area contributed by atoms with Crippen molar-refractivity contribution >= 4 is 51.3 Å². The minimum Gasteiger partial charge on any atom is -0.361 e. The first-order valence-corrected chi connectivity index (χ1v) is 9.61. The van der Waals surface area contributed by atoms with E-state index < -0.39 is 0 Å². The second-order valence-electron chi connectivity index (χ2n) is 6.94. The molecule has 30 heavy (non-hydrogen) atoms. The van der Waals surface area contributed by atoms with E-state index in [0.717, 1.165) is 27.8 Å². The van der Waals surface area contributed by atoms with Gasteiger partial charge in [0.1, 0.15) is 17.6 Å². The van der Waals surface area contributed by atoms with Gasteiger partial charge in [-0.25, -0.2) is 4.98 Å². The lowest BCUT2D eigenvalue weighted by atomic mass is 10.1. The number of hydrogen-bond acceptors (Lipinski definition) is 5. The normalized spacial score (nSPS) is 12.3. The Labute approximate surface area is 176 Å². The number of H-pyrrole nitrogens is 1. The van der Waals surface area contributed by atoms with E-state index in [2.05, 4.69) is 32.0 Å². The molecule has 0 unspecified atom stereocenters. The molecule has 2 aromatic carbocycles.